The molecule has 0 bridgehead atoms. The van der Waals surface area contributed by atoms with Gasteiger partial charge in [-0.05, 0) is 31.9 Å². The molecule has 1 aliphatic rings. The topological polar surface area (TPSA) is 79.0 Å². The average Bonchev–Trinajstić information content (AvgIpc) is 2.96. The van der Waals surface area contributed by atoms with Crippen LogP contribution in [-0.2, 0) is 0 Å². The standard InChI is InChI=1S/C15H16N4O2/c1-10-9-13(20)18-14(17-10)12-3-2-8-19(12)15(21)11-4-6-16-7-5-11/h4-7,9,12H,2-3,8H2,1H3,(H,17,18,20). The second-order valence-electron chi connectivity index (χ2n) is 5.16. The first-order valence-corrected chi connectivity index (χ1v) is 6.94. The number of H-pyrrole nitrogens is 1. The molecule has 3 heterocycles. The van der Waals surface area contributed by atoms with Crippen molar-refractivity contribution in [3.63, 3.8) is 0 Å². The minimum absolute atomic E-state index is 0.0518. The Kier molecular flexibility index (Phi) is 3.51. The first-order chi connectivity index (χ1) is 10.1. The van der Waals surface area contributed by atoms with Crippen LogP contribution in [0.15, 0.2) is 35.4 Å². The molecule has 1 saturated heterocycles. The van der Waals surface area contributed by atoms with E-state index in [1.165, 1.54) is 6.07 Å². The number of carbonyl (C=O) groups excluding carboxylic acids is 1. The number of nitrogens with one attached hydrogen (secondary N) is 1. The van der Waals surface area contributed by atoms with E-state index in [9.17, 15) is 9.59 Å². The van der Waals surface area contributed by atoms with Gasteiger partial charge in [0.2, 0.25) is 0 Å². The van der Waals surface area contributed by atoms with Crippen LogP contribution < -0.4 is 5.56 Å². The van der Waals surface area contributed by atoms with Crippen molar-refractivity contribution in [3.8, 4) is 0 Å². The summed E-state index contributed by atoms with van der Waals surface area (Å²) >= 11 is 0. The van der Waals surface area contributed by atoms with Crippen LogP contribution >= 0.6 is 0 Å². The largest absolute Gasteiger partial charge is 0.328 e. The fourth-order valence-corrected chi connectivity index (χ4v) is 2.71. The maximum atomic E-state index is 12.6. The van der Waals surface area contributed by atoms with Gasteiger partial charge < -0.3 is 9.88 Å². The van der Waals surface area contributed by atoms with Gasteiger partial charge in [-0.1, -0.05) is 0 Å². The molecule has 1 N–H and O–H groups in total. The molecule has 6 nitrogen and oxygen atoms in total. The van der Waals surface area contributed by atoms with E-state index in [1.807, 2.05) is 0 Å². The van der Waals surface area contributed by atoms with Crippen molar-refractivity contribution < 1.29 is 4.79 Å². The molecule has 0 spiro atoms. The van der Waals surface area contributed by atoms with E-state index in [4.69, 9.17) is 0 Å². The molecule has 1 amide bonds. The van der Waals surface area contributed by atoms with Crippen LogP contribution in [0.1, 0.15) is 40.8 Å². The van der Waals surface area contributed by atoms with Crippen molar-refractivity contribution in [1.82, 2.24) is 19.9 Å². The van der Waals surface area contributed by atoms with E-state index in [0.29, 0.717) is 23.6 Å². The van der Waals surface area contributed by atoms with E-state index in [1.54, 1.807) is 36.4 Å². The van der Waals surface area contributed by atoms with Crippen LogP contribution in [0.2, 0.25) is 0 Å². The van der Waals surface area contributed by atoms with Gasteiger partial charge >= 0.3 is 0 Å². The Hall–Kier alpha value is -2.50. The Morgan fingerprint density at radius 3 is 2.86 bits per heavy atom. The third kappa shape index (κ3) is 2.69. The molecular formula is C15H16N4O2. The summed E-state index contributed by atoms with van der Waals surface area (Å²) in [5.41, 5.74) is 1.09. The minimum atomic E-state index is -0.180. The number of hydrogen-bond donors (Lipinski definition) is 1. The number of rotatable bonds is 2. The van der Waals surface area contributed by atoms with Crippen molar-refractivity contribution in [1.29, 1.82) is 0 Å². The predicted molar refractivity (Wildman–Crippen MR) is 76.8 cm³/mol. The summed E-state index contributed by atoms with van der Waals surface area (Å²) in [5, 5.41) is 0. The molecule has 3 rings (SSSR count). The van der Waals surface area contributed by atoms with Crippen molar-refractivity contribution in [2.24, 2.45) is 0 Å². The fourth-order valence-electron chi connectivity index (χ4n) is 2.71. The number of pyridine rings is 1. The third-order valence-electron chi connectivity index (χ3n) is 3.64. The molecule has 0 aliphatic carbocycles. The second-order valence-corrected chi connectivity index (χ2v) is 5.16. The predicted octanol–water partition coefficient (Wildman–Crippen LogP) is 1.45. The lowest BCUT2D eigenvalue weighted by atomic mass is 10.1. The summed E-state index contributed by atoms with van der Waals surface area (Å²) in [6.07, 6.45) is 4.92. The van der Waals surface area contributed by atoms with Crippen LogP contribution in [0.25, 0.3) is 0 Å². The SMILES string of the molecule is Cc1cc(=O)[nH]c(C2CCCN2C(=O)c2ccncc2)n1. The first-order valence-electron chi connectivity index (χ1n) is 6.94. The summed E-state index contributed by atoms with van der Waals surface area (Å²) in [7, 11) is 0. The highest BCUT2D eigenvalue weighted by Gasteiger charge is 2.32. The molecule has 2 aromatic rings. The molecule has 1 fully saturated rings. The minimum Gasteiger partial charge on any atom is -0.328 e. The molecule has 2 aromatic heterocycles. The summed E-state index contributed by atoms with van der Waals surface area (Å²) in [5.74, 6) is 0.518. The molecule has 0 radical (unpaired) electrons. The average molecular weight is 284 g/mol. The summed E-state index contributed by atoms with van der Waals surface area (Å²) in [6, 6.07) is 4.68. The number of nitrogens with zero attached hydrogens (tertiary/aromatic N) is 3. The van der Waals surface area contributed by atoms with E-state index in [2.05, 4.69) is 15.0 Å². The van der Waals surface area contributed by atoms with Crippen LogP contribution in [0.5, 0.6) is 0 Å². The van der Waals surface area contributed by atoms with E-state index in [0.717, 1.165) is 12.8 Å². The maximum absolute atomic E-state index is 12.6. The first kappa shape index (κ1) is 13.5. The van der Waals surface area contributed by atoms with E-state index < -0.39 is 0 Å². The van der Waals surface area contributed by atoms with Crippen LogP contribution in [0, 0.1) is 6.92 Å². The highest BCUT2D eigenvalue weighted by molar-refractivity contribution is 5.94. The Bertz CT molecular complexity index is 711. The number of hydrogen-bond acceptors (Lipinski definition) is 4. The number of amides is 1. The Morgan fingerprint density at radius 2 is 2.14 bits per heavy atom. The lowest BCUT2D eigenvalue weighted by Crippen LogP contribution is -2.32. The van der Waals surface area contributed by atoms with Crippen molar-refractivity contribution in [3.05, 3.63) is 58.0 Å². The lowest BCUT2D eigenvalue weighted by Gasteiger charge is -2.24. The molecule has 0 saturated carbocycles. The van der Waals surface area contributed by atoms with Gasteiger partial charge in [0.05, 0.1) is 6.04 Å². The molecular weight excluding hydrogens is 268 g/mol. The Balaban J connectivity index is 1.92. The normalized spacial score (nSPS) is 18.0. The Labute approximate surface area is 121 Å². The van der Waals surface area contributed by atoms with Gasteiger partial charge in [0.15, 0.2) is 0 Å². The fraction of sp³-hybridized carbons (Fsp3) is 0.333. The van der Waals surface area contributed by atoms with Crippen molar-refractivity contribution >= 4 is 5.91 Å². The van der Waals surface area contributed by atoms with Gasteiger partial charge in [-0.25, -0.2) is 4.98 Å². The van der Waals surface area contributed by atoms with Gasteiger partial charge in [-0.3, -0.25) is 14.6 Å². The lowest BCUT2D eigenvalue weighted by molar-refractivity contribution is 0.0729. The summed E-state index contributed by atoms with van der Waals surface area (Å²) in [6.45, 7) is 2.45. The zero-order valence-corrected chi connectivity index (χ0v) is 11.7. The molecule has 1 unspecified atom stereocenters. The number of aromatic nitrogens is 3. The zero-order valence-electron chi connectivity index (χ0n) is 11.7. The van der Waals surface area contributed by atoms with Gasteiger partial charge in [-0.2, -0.15) is 0 Å². The number of aryl methyl sites for hydroxylation is 1. The quantitative estimate of drug-likeness (QED) is 0.905. The van der Waals surface area contributed by atoms with Gasteiger partial charge in [0, 0.05) is 36.3 Å². The molecule has 1 atom stereocenters. The third-order valence-corrected chi connectivity index (χ3v) is 3.64. The summed E-state index contributed by atoms with van der Waals surface area (Å²) < 4.78 is 0. The molecule has 108 valence electrons. The van der Waals surface area contributed by atoms with Gasteiger partial charge in [0.1, 0.15) is 5.82 Å². The zero-order chi connectivity index (χ0) is 14.8. The molecule has 1 aliphatic heterocycles. The monoisotopic (exact) mass is 284 g/mol. The van der Waals surface area contributed by atoms with Crippen LogP contribution in [0.4, 0.5) is 0 Å². The molecule has 0 aromatic carbocycles. The van der Waals surface area contributed by atoms with Gasteiger partial charge in [-0.15, -0.1) is 0 Å². The van der Waals surface area contributed by atoms with Crippen LogP contribution in [0.3, 0.4) is 0 Å². The molecule has 6 heteroatoms. The van der Waals surface area contributed by atoms with Crippen molar-refractivity contribution in [2.45, 2.75) is 25.8 Å². The number of carbonyl (C=O) groups is 1. The van der Waals surface area contributed by atoms with Crippen LogP contribution in [-0.4, -0.2) is 32.3 Å². The highest BCUT2D eigenvalue weighted by Crippen LogP contribution is 2.30. The highest BCUT2D eigenvalue weighted by atomic mass is 16.2. The van der Waals surface area contributed by atoms with E-state index in [-0.39, 0.29) is 17.5 Å². The number of aromatic amines is 1. The van der Waals surface area contributed by atoms with E-state index >= 15 is 0 Å². The second kappa shape index (κ2) is 5.47. The molecule has 21 heavy (non-hydrogen) atoms. The smallest absolute Gasteiger partial charge is 0.254 e. The number of likely N-dealkylation sites (tertiary alicyclic amines) is 1. The summed E-state index contributed by atoms with van der Waals surface area (Å²) in [4.78, 5) is 37.0. The maximum Gasteiger partial charge on any atom is 0.254 e. The Morgan fingerprint density at radius 1 is 1.38 bits per heavy atom. The van der Waals surface area contributed by atoms with Gasteiger partial charge in [0.25, 0.3) is 11.5 Å². The van der Waals surface area contributed by atoms with Crippen molar-refractivity contribution in [2.75, 3.05) is 6.54 Å².